The first kappa shape index (κ1) is 27.6. The number of carbonyl (C=O) groups is 1. The van der Waals surface area contributed by atoms with E-state index in [1.807, 2.05) is 0 Å². The summed E-state index contributed by atoms with van der Waals surface area (Å²) in [5.41, 5.74) is 1.45. The number of fused-ring (bicyclic) bond motifs is 1. The molecule has 204 valence electrons. The number of halogens is 3. The Bertz CT molecular complexity index is 1200. The van der Waals surface area contributed by atoms with Crippen LogP contribution in [0, 0.1) is 17.8 Å². The van der Waals surface area contributed by atoms with Crippen molar-refractivity contribution in [2.45, 2.75) is 76.7 Å². The lowest BCUT2D eigenvalue weighted by molar-refractivity contribution is -0.184. The van der Waals surface area contributed by atoms with E-state index >= 15 is 0 Å². The Balaban J connectivity index is 1.36. The third-order valence-corrected chi connectivity index (χ3v) is 9.22. The number of furan rings is 1. The van der Waals surface area contributed by atoms with E-state index in [4.69, 9.17) is 4.42 Å². The third kappa shape index (κ3) is 6.19. The van der Waals surface area contributed by atoms with Crippen LogP contribution in [0.1, 0.15) is 80.1 Å². The minimum absolute atomic E-state index is 0.0120. The van der Waals surface area contributed by atoms with E-state index < -0.39 is 21.9 Å². The molecule has 37 heavy (non-hydrogen) atoms. The Labute approximate surface area is 215 Å². The molecule has 2 aliphatic rings. The quantitative estimate of drug-likeness (QED) is 0.489. The topological polar surface area (TPSA) is 92.5 Å². The lowest BCUT2D eigenvalue weighted by Gasteiger charge is -2.35. The van der Waals surface area contributed by atoms with E-state index in [-0.39, 0.29) is 59.6 Å². The van der Waals surface area contributed by atoms with Gasteiger partial charge in [-0.15, -0.1) is 0 Å². The number of rotatable bonds is 8. The van der Waals surface area contributed by atoms with Crippen molar-refractivity contribution in [1.29, 1.82) is 0 Å². The number of sulfone groups is 1. The molecule has 1 fully saturated rings. The fourth-order valence-corrected chi connectivity index (χ4v) is 6.26. The van der Waals surface area contributed by atoms with Crippen molar-refractivity contribution in [3.63, 3.8) is 0 Å². The van der Waals surface area contributed by atoms with E-state index in [1.165, 1.54) is 12.3 Å². The van der Waals surface area contributed by atoms with Crippen LogP contribution in [0.3, 0.4) is 0 Å². The molecular weight excluding hydrogens is 507 g/mol. The molecule has 4 rings (SSSR count). The SMILES string of the molecule is CCS(=O)(=O)c1ccc(CNC(=O)c2cc3c(o2)[C@@H](C(C)C)N(CC2CCC(C(F)(F)F)CC2)C3)nc1. The van der Waals surface area contributed by atoms with Gasteiger partial charge in [-0.1, -0.05) is 20.8 Å². The minimum atomic E-state index is -4.10. The maximum atomic E-state index is 13.0. The number of alkyl halides is 3. The number of pyridine rings is 1. The molecule has 1 N–H and O–H groups in total. The number of aromatic nitrogens is 1. The summed E-state index contributed by atoms with van der Waals surface area (Å²) in [6.45, 7) is 7.15. The van der Waals surface area contributed by atoms with Crippen LogP contribution >= 0.6 is 0 Å². The van der Waals surface area contributed by atoms with E-state index in [9.17, 15) is 26.4 Å². The van der Waals surface area contributed by atoms with Crippen LogP contribution in [0.4, 0.5) is 13.2 Å². The van der Waals surface area contributed by atoms with Crippen molar-refractivity contribution >= 4 is 15.7 Å². The average molecular weight is 542 g/mol. The molecule has 1 aliphatic heterocycles. The fourth-order valence-electron chi connectivity index (χ4n) is 5.44. The van der Waals surface area contributed by atoms with Gasteiger partial charge in [-0.25, -0.2) is 8.42 Å². The molecule has 7 nitrogen and oxygen atoms in total. The molecule has 1 aliphatic carbocycles. The molecular formula is C26H34F3N3O4S. The second kappa shape index (κ2) is 10.8. The van der Waals surface area contributed by atoms with Crippen LogP contribution in [0.25, 0.3) is 0 Å². The summed E-state index contributed by atoms with van der Waals surface area (Å²) in [5, 5.41) is 2.76. The summed E-state index contributed by atoms with van der Waals surface area (Å²) >= 11 is 0. The Hall–Kier alpha value is -2.40. The van der Waals surface area contributed by atoms with Gasteiger partial charge in [-0.2, -0.15) is 13.2 Å². The van der Waals surface area contributed by atoms with E-state index in [1.54, 1.807) is 19.1 Å². The zero-order valence-electron chi connectivity index (χ0n) is 21.3. The van der Waals surface area contributed by atoms with E-state index in [0.717, 1.165) is 11.3 Å². The summed E-state index contributed by atoms with van der Waals surface area (Å²) in [7, 11) is -3.34. The lowest BCUT2D eigenvalue weighted by atomic mass is 9.81. The Morgan fingerprint density at radius 1 is 1.22 bits per heavy atom. The molecule has 0 saturated heterocycles. The highest BCUT2D eigenvalue weighted by molar-refractivity contribution is 7.91. The van der Waals surface area contributed by atoms with Crippen LogP contribution in [-0.4, -0.2) is 42.7 Å². The van der Waals surface area contributed by atoms with Gasteiger partial charge in [0.25, 0.3) is 5.91 Å². The van der Waals surface area contributed by atoms with Crippen molar-refractivity contribution in [2.24, 2.45) is 17.8 Å². The Morgan fingerprint density at radius 3 is 2.49 bits per heavy atom. The zero-order chi connectivity index (χ0) is 27.0. The minimum Gasteiger partial charge on any atom is -0.454 e. The second-order valence-corrected chi connectivity index (χ2v) is 12.7. The van der Waals surface area contributed by atoms with Crippen molar-refractivity contribution in [1.82, 2.24) is 15.2 Å². The average Bonchev–Trinajstić information content (AvgIpc) is 3.40. The van der Waals surface area contributed by atoms with Gasteiger partial charge in [0.05, 0.1) is 34.8 Å². The Kier molecular flexibility index (Phi) is 8.04. The van der Waals surface area contributed by atoms with Crippen molar-refractivity contribution in [3.05, 3.63) is 47.2 Å². The fraction of sp³-hybridized carbons (Fsp3) is 0.615. The molecule has 2 aromatic rings. The van der Waals surface area contributed by atoms with Crippen LogP contribution in [-0.2, 0) is 22.9 Å². The van der Waals surface area contributed by atoms with Gasteiger partial charge < -0.3 is 9.73 Å². The van der Waals surface area contributed by atoms with Crippen LogP contribution in [0.5, 0.6) is 0 Å². The van der Waals surface area contributed by atoms with Crippen molar-refractivity contribution in [3.8, 4) is 0 Å². The molecule has 0 aromatic carbocycles. The molecule has 2 aromatic heterocycles. The summed E-state index contributed by atoms with van der Waals surface area (Å²) < 4.78 is 68.9. The molecule has 3 heterocycles. The molecule has 0 radical (unpaired) electrons. The highest BCUT2D eigenvalue weighted by Crippen LogP contribution is 2.44. The monoisotopic (exact) mass is 541 g/mol. The number of nitrogens with one attached hydrogen (secondary N) is 1. The van der Waals surface area contributed by atoms with Crippen LogP contribution in [0.15, 0.2) is 33.7 Å². The predicted octanol–water partition coefficient (Wildman–Crippen LogP) is 5.28. The summed E-state index contributed by atoms with van der Waals surface area (Å²) in [5.74, 6) is -0.212. The first-order valence-electron chi connectivity index (χ1n) is 12.8. The normalized spacial score (nSPS) is 22.8. The molecule has 1 amide bonds. The zero-order valence-corrected chi connectivity index (χ0v) is 22.2. The number of amides is 1. The number of carbonyl (C=O) groups excluding carboxylic acids is 1. The van der Waals surface area contributed by atoms with Gasteiger partial charge in [0.2, 0.25) is 0 Å². The smallest absolute Gasteiger partial charge is 0.391 e. The number of nitrogens with zero attached hydrogens (tertiary/aromatic N) is 2. The molecule has 1 atom stereocenters. The maximum Gasteiger partial charge on any atom is 0.391 e. The van der Waals surface area contributed by atoms with Crippen molar-refractivity contribution < 1.29 is 30.8 Å². The molecule has 0 bridgehead atoms. The van der Waals surface area contributed by atoms with E-state index in [0.29, 0.717) is 31.6 Å². The first-order valence-corrected chi connectivity index (χ1v) is 14.4. The van der Waals surface area contributed by atoms with E-state index in [2.05, 4.69) is 29.0 Å². The molecule has 11 heteroatoms. The summed E-state index contributed by atoms with van der Waals surface area (Å²) in [6.07, 6.45) is -1.30. The largest absolute Gasteiger partial charge is 0.454 e. The van der Waals surface area contributed by atoms with Crippen LogP contribution < -0.4 is 5.32 Å². The highest BCUT2D eigenvalue weighted by Gasteiger charge is 2.43. The third-order valence-electron chi connectivity index (χ3n) is 7.50. The maximum absolute atomic E-state index is 13.0. The summed E-state index contributed by atoms with van der Waals surface area (Å²) in [4.78, 5) is 19.3. The van der Waals surface area contributed by atoms with Crippen LogP contribution in [0.2, 0.25) is 0 Å². The van der Waals surface area contributed by atoms with Gasteiger partial charge in [-0.3, -0.25) is 14.7 Å². The molecule has 0 spiro atoms. The first-order chi connectivity index (χ1) is 17.4. The second-order valence-electron chi connectivity index (χ2n) is 10.4. The summed E-state index contributed by atoms with van der Waals surface area (Å²) in [6, 6.07) is 4.75. The number of hydrogen-bond donors (Lipinski definition) is 1. The number of hydrogen-bond acceptors (Lipinski definition) is 6. The van der Waals surface area contributed by atoms with Gasteiger partial charge in [0.1, 0.15) is 5.76 Å². The lowest BCUT2D eigenvalue weighted by Crippen LogP contribution is -2.35. The predicted molar refractivity (Wildman–Crippen MR) is 131 cm³/mol. The molecule has 0 unspecified atom stereocenters. The standard InChI is InChI=1S/C26H34F3N3O4S/c1-4-37(34,35)21-10-9-20(30-13-21)12-31-25(33)22-11-18-15-32(23(16(2)3)24(18)36-22)14-17-5-7-19(8-6-17)26(27,28)29/h9-11,13,16-17,19,23H,4-8,12,14-15H2,1-3H3,(H,31,33)/t17?,19?,23-/m1/s1. The molecule has 1 saturated carbocycles. The van der Waals surface area contributed by atoms with Gasteiger partial charge in [-0.05, 0) is 55.7 Å². The Morgan fingerprint density at radius 2 is 1.92 bits per heavy atom. The van der Waals surface area contributed by atoms with Crippen molar-refractivity contribution in [2.75, 3.05) is 12.3 Å². The van der Waals surface area contributed by atoms with Gasteiger partial charge in [0, 0.05) is 24.8 Å². The van der Waals surface area contributed by atoms with Gasteiger partial charge in [0.15, 0.2) is 15.6 Å². The highest BCUT2D eigenvalue weighted by atomic mass is 32.2. The van der Waals surface area contributed by atoms with Gasteiger partial charge >= 0.3 is 6.18 Å².